The van der Waals surface area contributed by atoms with Crippen molar-refractivity contribution in [3.63, 3.8) is 0 Å². The molecule has 3 aromatic carbocycles. The highest BCUT2D eigenvalue weighted by Gasteiger charge is 2.55. The van der Waals surface area contributed by atoms with Crippen molar-refractivity contribution in [2.75, 3.05) is 6.61 Å². The molecule has 1 N–H and O–H groups in total. The van der Waals surface area contributed by atoms with E-state index < -0.39 is 65.3 Å². The van der Waals surface area contributed by atoms with Gasteiger partial charge in [0.2, 0.25) is 0 Å². The Hall–Kier alpha value is -5.26. The van der Waals surface area contributed by atoms with Crippen LogP contribution in [0.25, 0.3) is 21.9 Å². The molecule has 288 valence electrons. The number of likely N-dealkylation sites (tertiary alicyclic amines) is 2. The summed E-state index contributed by atoms with van der Waals surface area (Å²) in [6, 6.07) is 16.3. The van der Waals surface area contributed by atoms with Gasteiger partial charge in [-0.25, -0.2) is 19.2 Å². The van der Waals surface area contributed by atoms with Gasteiger partial charge in [-0.05, 0) is 115 Å². The van der Waals surface area contributed by atoms with E-state index in [1.54, 1.807) is 90.9 Å². The fourth-order valence-corrected chi connectivity index (χ4v) is 7.21. The summed E-state index contributed by atoms with van der Waals surface area (Å²) < 4.78 is 16.4. The number of nitrogens with zero attached hydrogens (tertiary/aromatic N) is 2. The summed E-state index contributed by atoms with van der Waals surface area (Å²) in [4.78, 5) is 80.7. The maximum Gasteiger partial charge on any atom is 0.411 e. The number of carboxylic acids is 1. The minimum atomic E-state index is -1.71. The highest BCUT2D eigenvalue weighted by molar-refractivity contribution is 6.03. The van der Waals surface area contributed by atoms with Crippen LogP contribution in [0.1, 0.15) is 108 Å². The summed E-state index contributed by atoms with van der Waals surface area (Å²) in [6.07, 6.45) is -0.123. The number of esters is 1. The highest BCUT2D eigenvalue weighted by Crippen LogP contribution is 2.39. The largest absolute Gasteiger partial charge is 0.479 e. The lowest BCUT2D eigenvalue weighted by Gasteiger charge is -2.37. The van der Waals surface area contributed by atoms with E-state index in [4.69, 9.17) is 14.2 Å². The van der Waals surface area contributed by atoms with Crippen LogP contribution in [0, 0.1) is 0 Å². The number of hydrogen-bond acceptors (Lipinski definition) is 9. The van der Waals surface area contributed by atoms with Gasteiger partial charge in [0.15, 0.2) is 23.7 Å². The molecule has 2 amide bonds. The smallest absolute Gasteiger partial charge is 0.411 e. The molecule has 54 heavy (non-hydrogen) atoms. The Bertz CT molecular complexity index is 1960. The van der Waals surface area contributed by atoms with Gasteiger partial charge in [0.1, 0.15) is 17.2 Å². The number of Topliss-reactive ketones (excluding diaryl/α,β-unsaturated/α-hetero) is 2. The molecule has 0 unspecified atom stereocenters. The Balaban J connectivity index is 1.24. The minimum absolute atomic E-state index is 0.135. The van der Waals surface area contributed by atoms with Crippen molar-refractivity contribution < 1.29 is 48.1 Å². The van der Waals surface area contributed by atoms with Gasteiger partial charge in [-0.1, -0.05) is 48.5 Å². The lowest BCUT2D eigenvalue weighted by molar-refractivity contribution is -0.150. The molecular weight excluding hydrogens is 692 g/mol. The number of carbonyl (C=O) groups is 6. The van der Waals surface area contributed by atoms with Gasteiger partial charge in [0.25, 0.3) is 0 Å². The van der Waals surface area contributed by atoms with Crippen LogP contribution in [0.3, 0.4) is 0 Å². The predicted octanol–water partition coefficient (Wildman–Crippen LogP) is 7.84. The van der Waals surface area contributed by atoms with Crippen molar-refractivity contribution in [3.8, 4) is 11.1 Å². The molecule has 4 atom stereocenters. The molecule has 2 fully saturated rings. The molecule has 2 heterocycles. The SMILES string of the molecule is C[C@H]1CC[C@@H](C(=O)OCC(=O)c2ccc3cc(-c4ccc(C(=O)C[C@@]5(C(=O)O)CC[C@H](C)N5C(=O)OC(C)(C)C)cc4)ccc3c2)N1C(=O)OC(C)(C)C. The van der Waals surface area contributed by atoms with Crippen LogP contribution in [0.2, 0.25) is 0 Å². The average Bonchev–Trinajstić information content (AvgIpc) is 3.65. The molecule has 3 aromatic rings. The van der Waals surface area contributed by atoms with Gasteiger partial charge in [-0.2, -0.15) is 0 Å². The number of amides is 2. The summed E-state index contributed by atoms with van der Waals surface area (Å²) in [6.45, 7) is 13.5. The van der Waals surface area contributed by atoms with Gasteiger partial charge >= 0.3 is 24.1 Å². The number of aliphatic carboxylic acids is 1. The van der Waals surface area contributed by atoms with Gasteiger partial charge in [0, 0.05) is 29.6 Å². The Labute approximate surface area is 315 Å². The van der Waals surface area contributed by atoms with E-state index in [9.17, 15) is 33.9 Å². The molecule has 0 aromatic heterocycles. The first-order chi connectivity index (χ1) is 25.2. The Morgan fingerprint density at radius 1 is 0.704 bits per heavy atom. The number of carbonyl (C=O) groups excluding carboxylic acids is 5. The molecule has 2 aliphatic rings. The zero-order valence-electron chi connectivity index (χ0n) is 32.3. The summed E-state index contributed by atoms with van der Waals surface area (Å²) in [7, 11) is 0. The van der Waals surface area contributed by atoms with Crippen LogP contribution >= 0.6 is 0 Å². The van der Waals surface area contributed by atoms with Gasteiger partial charge in [-0.15, -0.1) is 0 Å². The zero-order valence-corrected chi connectivity index (χ0v) is 32.3. The first-order valence-electron chi connectivity index (χ1n) is 18.3. The number of benzene rings is 3. The van der Waals surface area contributed by atoms with Crippen LogP contribution in [-0.4, -0.2) is 92.1 Å². The predicted molar refractivity (Wildman–Crippen MR) is 201 cm³/mol. The van der Waals surface area contributed by atoms with Crippen LogP contribution in [0.5, 0.6) is 0 Å². The number of fused-ring (bicyclic) bond motifs is 1. The van der Waals surface area contributed by atoms with Gasteiger partial charge in [-0.3, -0.25) is 19.4 Å². The average molecular weight is 743 g/mol. The van der Waals surface area contributed by atoms with Crippen LogP contribution in [0.4, 0.5) is 9.59 Å². The number of ether oxygens (including phenoxy) is 3. The molecule has 5 rings (SSSR count). The first-order valence-corrected chi connectivity index (χ1v) is 18.3. The van der Waals surface area contributed by atoms with E-state index in [1.165, 1.54) is 9.80 Å². The Kier molecular flexibility index (Phi) is 11.3. The standard InChI is InChI=1S/C42H50N2O10/c1-25-9-18-33(43(25)38(50)53-40(3,4)5)36(47)52-24-35(46)32-17-16-30-21-29(14-15-31(30)22-32)27-10-12-28(13-11-27)34(45)23-42(37(48)49)20-19-26(2)44(42)39(51)54-41(6,7)8/h10-17,21-22,25-26,33H,9,18-20,23-24H2,1-8H3,(H,48,49)/t25-,26-,33-,42+/m0/s1. The fraction of sp³-hybridized carbons (Fsp3) is 0.476. The van der Waals surface area contributed by atoms with E-state index in [1.807, 2.05) is 25.1 Å². The molecule has 12 nitrogen and oxygen atoms in total. The maximum atomic E-state index is 13.5. The monoisotopic (exact) mass is 742 g/mol. The number of hydrogen-bond donors (Lipinski definition) is 1. The van der Waals surface area contributed by atoms with Crippen LogP contribution in [-0.2, 0) is 23.8 Å². The van der Waals surface area contributed by atoms with Crippen LogP contribution in [0.15, 0.2) is 60.7 Å². The summed E-state index contributed by atoms with van der Waals surface area (Å²) >= 11 is 0. The Morgan fingerprint density at radius 3 is 1.91 bits per heavy atom. The van der Waals surface area contributed by atoms with E-state index in [0.29, 0.717) is 30.4 Å². The Morgan fingerprint density at radius 2 is 1.28 bits per heavy atom. The highest BCUT2D eigenvalue weighted by atomic mass is 16.6. The van der Waals surface area contributed by atoms with E-state index >= 15 is 0 Å². The lowest BCUT2D eigenvalue weighted by Crippen LogP contribution is -2.57. The lowest BCUT2D eigenvalue weighted by atomic mass is 9.87. The molecule has 12 heteroatoms. The van der Waals surface area contributed by atoms with Crippen molar-refractivity contribution >= 4 is 46.5 Å². The molecule has 0 aliphatic carbocycles. The van der Waals surface area contributed by atoms with Gasteiger partial charge in [0.05, 0.1) is 0 Å². The molecule has 2 saturated heterocycles. The minimum Gasteiger partial charge on any atom is -0.479 e. The number of ketones is 2. The normalized spacial score (nSPS) is 21.5. The molecule has 0 bridgehead atoms. The van der Waals surface area contributed by atoms with Crippen molar-refractivity contribution in [1.29, 1.82) is 0 Å². The van der Waals surface area contributed by atoms with Crippen molar-refractivity contribution in [2.45, 2.75) is 122 Å². The van der Waals surface area contributed by atoms with Crippen molar-refractivity contribution in [3.05, 3.63) is 71.8 Å². The van der Waals surface area contributed by atoms with E-state index in [2.05, 4.69) is 0 Å². The van der Waals surface area contributed by atoms with E-state index in [0.717, 1.165) is 21.9 Å². The second-order valence-corrected chi connectivity index (χ2v) is 16.4. The molecule has 2 aliphatic heterocycles. The van der Waals surface area contributed by atoms with E-state index in [-0.39, 0.29) is 24.7 Å². The fourth-order valence-electron chi connectivity index (χ4n) is 7.21. The van der Waals surface area contributed by atoms with Crippen LogP contribution < -0.4 is 0 Å². The third-order valence-electron chi connectivity index (χ3n) is 9.91. The third-order valence-corrected chi connectivity index (χ3v) is 9.91. The molecule has 0 saturated carbocycles. The van der Waals surface area contributed by atoms with Crippen molar-refractivity contribution in [2.24, 2.45) is 0 Å². The molecule has 0 spiro atoms. The number of rotatable bonds is 9. The summed E-state index contributed by atoms with van der Waals surface area (Å²) in [5, 5.41) is 12.0. The summed E-state index contributed by atoms with van der Waals surface area (Å²) in [5.74, 6) is -2.66. The second kappa shape index (κ2) is 15.2. The number of carboxylic acid groups (broad SMARTS) is 1. The van der Waals surface area contributed by atoms with Crippen molar-refractivity contribution in [1.82, 2.24) is 9.80 Å². The maximum absolute atomic E-state index is 13.5. The first kappa shape index (κ1) is 39.9. The summed E-state index contributed by atoms with van der Waals surface area (Å²) in [5.41, 5.74) is -0.882. The topological polar surface area (TPSA) is 157 Å². The molecular formula is C42H50N2O10. The quantitative estimate of drug-likeness (QED) is 0.130. The molecule has 0 radical (unpaired) electrons. The third kappa shape index (κ3) is 8.75. The zero-order chi connectivity index (χ0) is 39.7. The second-order valence-electron chi connectivity index (χ2n) is 16.4. The van der Waals surface area contributed by atoms with Gasteiger partial charge < -0.3 is 19.3 Å².